The number of nitrogens with zero attached hydrogens (tertiary/aromatic N) is 2. The van der Waals surface area contributed by atoms with Crippen LogP contribution in [0.1, 0.15) is 18.9 Å². The quantitative estimate of drug-likeness (QED) is 0.849. The van der Waals surface area contributed by atoms with Gasteiger partial charge in [-0.2, -0.15) is 5.26 Å². The van der Waals surface area contributed by atoms with Gasteiger partial charge in [0.15, 0.2) is 0 Å². The fraction of sp³-hybridized carbons (Fsp3) is 0.385. The first-order valence-corrected chi connectivity index (χ1v) is 5.78. The van der Waals surface area contributed by atoms with Crippen molar-refractivity contribution in [2.75, 3.05) is 18.0 Å². The Hall–Kier alpha value is -1.86. The molecule has 4 heteroatoms. The van der Waals surface area contributed by atoms with Gasteiger partial charge < -0.3 is 10.2 Å². The lowest BCUT2D eigenvalue weighted by atomic mass is 10.2. The van der Waals surface area contributed by atoms with E-state index in [0.29, 0.717) is 18.5 Å². The van der Waals surface area contributed by atoms with Crippen LogP contribution in [-0.4, -0.2) is 25.0 Å². The maximum Gasteiger partial charge on any atom is 0.228 e. The van der Waals surface area contributed by atoms with Crippen LogP contribution in [0, 0.1) is 11.3 Å². The molecule has 1 aliphatic rings. The molecule has 0 radical (unpaired) electrons. The Kier molecular flexibility index (Phi) is 3.40. The lowest BCUT2D eigenvalue weighted by molar-refractivity contribution is -0.117. The summed E-state index contributed by atoms with van der Waals surface area (Å²) in [6.07, 6.45) is 0.532. The molecule has 1 aromatic carbocycles. The van der Waals surface area contributed by atoms with Crippen LogP contribution in [0.2, 0.25) is 0 Å². The van der Waals surface area contributed by atoms with E-state index in [-0.39, 0.29) is 11.9 Å². The van der Waals surface area contributed by atoms with E-state index in [1.807, 2.05) is 19.1 Å². The molecular weight excluding hydrogens is 214 g/mol. The number of anilines is 1. The first kappa shape index (κ1) is 11.6. The highest BCUT2D eigenvalue weighted by atomic mass is 16.2. The summed E-state index contributed by atoms with van der Waals surface area (Å²) >= 11 is 0. The molecule has 1 fully saturated rings. The number of nitriles is 1. The van der Waals surface area contributed by atoms with Crippen LogP contribution in [0.5, 0.6) is 0 Å². The lowest BCUT2D eigenvalue weighted by Crippen LogP contribution is -2.32. The van der Waals surface area contributed by atoms with Gasteiger partial charge in [-0.3, -0.25) is 4.79 Å². The highest BCUT2D eigenvalue weighted by Crippen LogP contribution is 2.22. The maximum atomic E-state index is 11.9. The minimum absolute atomic E-state index is 0.117. The number of carbonyl (C=O) groups is 1. The number of hydrogen-bond donors (Lipinski definition) is 1. The smallest absolute Gasteiger partial charge is 0.228 e. The van der Waals surface area contributed by atoms with E-state index in [0.717, 1.165) is 12.2 Å². The summed E-state index contributed by atoms with van der Waals surface area (Å²) in [5.74, 6) is 0.117. The van der Waals surface area contributed by atoms with Crippen molar-refractivity contribution in [3.05, 3.63) is 29.8 Å². The largest absolute Gasteiger partial charge is 0.312 e. The predicted molar refractivity (Wildman–Crippen MR) is 65.6 cm³/mol. The van der Waals surface area contributed by atoms with E-state index in [2.05, 4.69) is 11.4 Å². The van der Waals surface area contributed by atoms with Gasteiger partial charge in [-0.25, -0.2) is 0 Å². The lowest BCUT2D eigenvalue weighted by Gasteiger charge is -2.17. The van der Waals surface area contributed by atoms with Crippen molar-refractivity contribution in [2.24, 2.45) is 0 Å². The molecule has 88 valence electrons. The fourth-order valence-corrected chi connectivity index (χ4v) is 2.13. The van der Waals surface area contributed by atoms with Gasteiger partial charge in [-0.05, 0) is 24.7 Å². The second-order valence-corrected chi connectivity index (χ2v) is 4.13. The van der Waals surface area contributed by atoms with Crippen molar-refractivity contribution in [3.63, 3.8) is 0 Å². The Labute approximate surface area is 101 Å². The molecule has 1 aromatic rings. The van der Waals surface area contributed by atoms with Gasteiger partial charge in [0, 0.05) is 24.7 Å². The number of rotatable bonds is 3. The molecule has 0 saturated carbocycles. The molecule has 0 spiro atoms. The van der Waals surface area contributed by atoms with E-state index in [9.17, 15) is 4.79 Å². The fourth-order valence-electron chi connectivity index (χ4n) is 2.13. The number of likely N-dealkylation sites (N-methyl/N-ethyl adjacent to an activating group) is 1. The van der Waals surface area contributed by atoms with Gasteiger partial charge >= 0.3 is 0 Å². The molecule has 1 saturated heterocycles. The van der Waals surface area contributed by atoms with Gasteiger partial charge in [-0.1, -0.05) is 13.0 Å². The van der Waals surface area contributed by atoms with E-state index in [4.69, 9.17) is 5.26 Å². The molecule has 1 N–H and O–H groups in total. The second kappa shape index (κ2) is 4.98. The highest BCUT2D eigenvalue weighted by Gasteiger charge is 2.29. The zero-order valence-electron chi connectivity index (χ0n) is 9.81. The Bertz CT molecular complexity index is 464. The molecule has 0 aromatic heterocycles. The molecule has 1 aliphatic heterocycles. The molecule has 0 aliphatic carbocycles. The molecule has 17 heavy (non-hydrogen) atoms. The van der Waals surface area contributed by atoms with Gasteiger partial charge in [0.25, 0.3) is 0 Å². The maximum absolute atomic E-state index is 11.9. The molecular formula is C13H15N3O. The molecule has 1 atom stereocenters. The third-order valence-electron chi connectivity index (χ3n) is 2.90. The SMILES string of the molecule is CCNC1CC(=O)N(c2cccc(C#N)c2)C1. The number of carbonyl (C=O) groups excluding carboxylic acids is 1. The number of nitrogens with one attached hydrogen (secondary N) is 1. The first-order valence-electron chi connectivity index (χ1n) is 5.78. The Balaban J connectivity index is 2.17. The predicted octanol–water partition coefficient (Wildman–Crippen LogP) is 1.27. The van der Waals surface area contributed by atoms with Gasteiger partial charge in [-0.15, -0.1) is 0 Å². The third-order valence-corrected chi connectivity index (χ3v) is 2.90. The molecule has 1 unspecified atom stereocenters. The molecule has 4 nitrogen and oxygen atoms in total. The van der Waals surface area contributed by atoms with Crippen molar-refractivity contribution in [1.82, 2.24) is 5.32 Å². The van der Waals surface area contributed by atoms with Crippen LogP contribution in [0.4, 0.5) is 5.69 Å². The second-order valence-electron chi connectivity index (χ2n) is 4.13. The zero-order valence-corrected chi connectivity index (χ0v) is 9.81. The van der Waals surface area contributed by atoms with E-state index in [1.54, 1.807) is 17.0 Å². The summed E-state index contributed by atoms with van der Waals surface area (Å²) in [6.45, 7) is 3.58. The van der Waals surface area contributed by atoms with Gasteiger partial charge in [0.05, 0.1) is 11.6 Å². The topological polar surface area (TPSA) is 56.1 Å². The molecule has 1 heterocycles. The normalized spacial score (nSPS) is 19.4. The van der Waals surface area contributed by atoms with E-state index < -0.39 is 0 Å². The summed E-state index contributed by atoms with van der Waals surface area (Å²) in [7, 11) is 0. The van der Waals surface area contributed by atoms with Gasteiger partial charge in [0.2, 0.25) is 5.91 Å². The summed E-state index contributed by atoms with van der Waals surface area (Å²) in [6, 6.07) is 9.48. The van der Waals surface area contributed by atoms with Crippen LogP contribution < -0.4 is 10.2 Å². The monoisotopic (exact) mass is 229 g/mol. The van der Waals surface area contributed by atoms with Crippen LogP contribution in [0.15, 0.2) is 24.3 Å². The summed E-state index contributed by atoms with van der Waals surface area (Å²) < 4.78 is 0. The van der Waals surface area contributed by atoms with Crippen molar-refractivity contribution >= 4 is 11.6 Å². The minimum atomic E-state index is 0.117. The molecule has 2 rings (SSSR count). The van der Waals surface area contributed by atoms with Crippen LogP contribution in [0.3, 0.4) is 0 Å². The van der Waals surface area contributed by atoms with Crippen LogP contribution in [0.25, 0.3) is 0 Å². The van der Waals surface area contributed by atoms with Crippen molar-refractivity contribution in [3.8, 4) is 6.07 Å². The molecule has 1 amide bonds. The summed E-state index contributed by atoms with van der Waals surface area (Å²) in [5, 5.41) is 12.1. The first-order chi connectivity index (χ1) is 8.24. The Morgan fingerprint density at radius 3 is 3.12 bits per heavy atom. The zero-order chi connectivity index (χ0) is 12.3. The van der Waals surface area contributed by atoms with E-state index >= 15 is 0 Å². The number of hydrogen-bond acceptors (Lipinski definition) is 3. The average Bonchev–Trinajstić information content (AvgIpc) is 2.71. The summed E-state index contributed by atoms with van der Waals surface area (Å²) in [5.41, 5.74) is 1.40. The Morgan fingerprint density at radius 1 is 1.59 bits per heavy atom. The van der Waals surface area contributed by atoms with Crippen LogP contribution >= 0.6 is 0 Å². The summed E-state index contributed by atoms with van der Waals surface area (Å²) in [4.78, 5) is 13.6. The minimum Gasteiger partial charge on any atom is -0.312 e. The van der Waals surface area contributed by atoms with Crippen molar-refractivity contribution in [1.29, 1.82) is 5.26 Å². The average molecular weight is 229 g/mol. The van der Waals surface area contributed by atoms with E-state index in [1.165, 1.54) is 0 Å². The third kappa shape index (κ3) is 2.45. The highest BCUT2D eigenvalue weighted by molar-refractivity contribution is 5.96. The van der Waals surface area contributed by atoms with Gasteiger partial charge in [0.1, 0.15) is 0 Å². The standard InChI is InChI=1S/C13H15N3O/c1-2-15-11-7-13(17)16(9-11)12-5-3-4-10(6-12)8-14/h3-6,11,15H,2,7,9H2,1H3. The number of benzene rings is 1. The van der Waals surface area contributed by atoms with Crippen molar-refractivity contribution in [2.45, 2.75) is 19.4 Å². The number of amides is 1. The Morgan fingerprint density at radius 2 is 2.41 bits per heavy atom. The van der Waals surface area contributed by atoms with Crippen LogP contribution in [-0.2, 0) is 4.79 Å². The molecule has 0 bridgehead atoms. The van der Waals surface area contributed by atoms with Crippen molar-refractivity contribution < 1.29 is 4.79 Å².